The Hall–Kier alpha value is -2.09. The molecule has 0 N–H and O–H groups in total. The molecule has 0 aromatic heterocycles. The van der Waals surface area contributed by atoms with Crippen molar-refractivity contribution in [2.45, 2.75) is 18.2 Å². The van der Waals surface area contributed by atoms with Gasteiger partial charge in [0.25, 0.3) is 0 Å². The van der Waals surface area contributed by atoms with Crippen LogP contribution in [-0.4, -0.2) is 10.8 Å². The summed E-state index contributed by atoms with van der Waals surface area (Å²) in [5.74, 6) is 0. The molecule has 0 radical (unpaired) electrons. The number of hydrogen-bond acceptors (Lipinski definition) is 3. The molecule has 2 rings (SSSR count). The molecule has 0 amide bonds. The predicted molar refractivity (Wildman–Crippen MR) is 80.9 cm³/mol. The van der Waals surface area contributed by atoms with Gasteiger partial charge in [-0.2, -0.15) is 5.26 Å². The zero-order valence-electron chi connectivity index (χ0n) is 11.1. The maximum atomic E-state index is 11.9. The largest absolute Gasteiger partial charge is 0.586 e. The van der Waals surface area contributed by atoms with Crippen molar-refractivity contribution in [1.29, 1.82) is 5.26 Å². The van der Waals surface area contributed by atoms with E-state index in [0.717, 1.165) is 11.1 Å². The first-order chi connectivity index (χ1) is 9.69. The molecule has 100 valence electrons. The van der Waals surface area contributed by atoms with Gasteiger partial charge in [-0.25, -0.2) is 0 Å². The van der Waals surface area contributed by atoms with Crippen LogP contribution in [0.2, 0.25) is 0 Å². The Balaban J connectivity index is 1.95. The predicted octanol–water partition coefficient (Wildman–Crippen LogP) is 3.20. The Kier molecular flexibility index (Phi) is 4.94. The van der Waals surface area contributed by atoms with E-state index in [1.165, 1.54) is 0 Å². The molecule has 4 heteroatoms. The van der Waals surface area contributed by atoms with Crippen molar-refractivity contribution < 1.29 is 4.55 Å². The van der Waals surface area contributed by atoms with Crippen molar-refractivity contribution in [2.24, 2.45) is 4.40 Å². The summed E-state index contributed by atoms with van der Waals surface area (Å²) < 4.78 is 16.0. The van der Waals surface area contributed by atoms with Crippen molar-refractivity contribution >= 4 is 17.6 Å². The van der Waals surface area contributed by atoms with Gasteiger partial charge in [0.1, 0.15) is 11.4 Å². The quantitative estimate of drug-likeness (QED) is 0.638. The fourth-order valence-electron chi connectivity index (χ4n) is 1.64. The summed E-state index contributed by atoms with van der Waals surface area (Å²) >= 11 is -1.35. The molecular formula is C16H14N2OS. The molecule has 2 aromatic rings. The van der Waals surface area contributed by atoms with Gasteiger partial charge < -0.3 is 4.55 Å². The minimum atomic E-state index is -1.35. The SMILES string of the molecule is Cc1ccc([S+]([O-])N=CCc2ccc(C#N)cc2)cc1. The number of benzene rings is 2. The third-order valence-electron chi connectivity index (χ3n) is 2.80. The fraction of sp³-hybridized carbons (Fsp3) is 0.125. The maximum Gasteiger partial charge on any atom is 0.182 e. The first-order valence-electron chi connectivity index (χ1n) is 6.19. The zero-order chi connectivity index (χ0) is 14.4. The summed E-state index contributed by atoms with van der Waals surface area (Å²) in [7, 11) is 0. The number of hydrogen-bond donors (Lipinski definition) is 0. The maximum absolute atomic E-state index is 11.9. The van der Waals surface area contributed by atoms with E-state index >= 15 is 0 Å². The molecule has 3 nitrogen and oxygen atoms in total. The average Bonchev–Trinajstić information content (AvgIpc) is 2.48. The second kappa shape index (κ2) is 6.90. The van der Waals surface area contributed by atoms with Crippen LogP contribution in [0.1, 0.15) is 16.7 Å². The van der Waals surface area contributed by atoms with Gasteiger partial charge >= 0.3 is 0 Å². The van der Waals surface area contributed by atoms with Crippen LogP contribution in [0.25, 0.3) is 0 Å². The third kappa shape index (κ3) is 3.95. The van der Waals surface area contributed by atoms with Crippen LogP contribution in [0.3, 0.4) is 0 Å². The van der Waals surface area contributed by atoms with E-state index in [4.69, 9.17) is 5.26 Å². The molecule has 20 heavy (non-hydrogen) atoms. The summed E-state index contributed by atoms with van der Waals surface area (Å²) in [6, 6.07) is 16.8. The molecule has 0 fully saturated rings. The number of aryl methyl sites for hydroxylation is 1. The molecule has 0 saturated carbocycles. The van der Waals surface area contributed by atoms with Crippen molar-refractivity contribution in [2.75, 3.05) is 0 Å². The molecule has 0 spiro atoms. The van der Waals surface area contributed by atoms with Crippen LogP contribution < -0.4 is 0 Å². The highest BCUT2D eigenvalue weighted by atomic mass is 32.2. The van der Waals surface area contributed by atoms with Crippen LogP contribution in [0, 0.1) is 18.3 Å². The zero-order valence-corrected chi connectivity index (χ0v) is 11.9. The molecular weight excluding hydrogens is 268 g/mol. The lowest BCUT2D eigenvalue weighted by molar-refractivity contribution is 0.597. The van der Waals surface area contributed by atoms with E-state index in [1.807, 2.05) is 43.3 Å². The topological polar surface area (TPSA) is 59.2 Å². The van der Waals surface area contributed by atoms with Crippen molar-refractivity contribution in [3.8, 4) is 6.07 Å². The van der Waals surface area contributed by atoms with E-state index in [-0.39, 0.29) is 0 Å². The lowest BCUT2D eigenvalue weighted by Crippen LogP contribution is -1.98. The molecule has 0 bridgehead atoms. The second-order valence-electron chi connectivity index (χ2n) is 4.36. The summed E-state index contributed by atoms with van der Waals surface area (Å²) in [5, 5.41) is 8.71. The molecule has 1 atom stereocenters. The Morgan fingerprint density at radius 1 is 1.15 bits per heavy atom. The van der Waals surface area contributed by atoms with E-state index in [9.17, 15) is 4.55 Å². The monoisotopic (exact) mass is 282 g/mol. The van der Waals surface area contributed by atoms with Gasteiger partial charge in [0.2, 0.25) is 0 Å². The number of nitrogens with zero attached hydrogens (tertiary/aromatic N) is 2. The minimum Gasteiger partial charge on any atom is -0.586 e. The molecule has 0 aliphatic heterocycles. The van der Waals surface area contributed by atoms with Gasteiger partial charge in [0.15, 0.2) is 4.90 Å². The van der Waals surface area contributed by atoms with Gasteiger partial charge in [-0.05, 0) is 36.8 Å². The normalized spacial score (nSPS) is 12.2. The first-order valence-corrected chi connectivity index (χ1v) is 7.30. The molecule has 2 aromatic carbocycles. The summed E-state index contributed by atoms with van der Waals surface area (Å²) in [4.78, 5) is 0.701. The molecule has 0 heterocycles. The number of rotatable bonds is 4. The van der Waals surface area contributed by atoms with Crippen molar-refractivity contribution in [1.82, 2.24) is 0 Å². The third-order valence-corrected chi connectivity index (χ3v) is 3.82. The van der Waals surface area contributed by atoms with Gasteiger partial charge in [-0.15, -0.1) is 0 Å². The van der Waals surface area contributed by atoms with E-state index in [2.05, 4.69) is 10.5 Å². The van der Waals surface area contributed by atoms with Gasteiger partial charge in [-0.1, -0.05) is 34.2 Å². The molecule has 0 aliphatic carbocycles. The first kappa shape index (κ1) is 14.3. The number of nitriles is 1. The molecule has 1 unspecified atom stereocenters. The summed E-state index contributed by atoms with van der Waals surface area (Å²) in [6.45, 7) is 1.99. The Morgan fingerprint density at radius 2 is 1.80 bits per heavy atom. The van der Waals surface area contributed by atoms with E-state index in [0.29, 0.717) is 16.9 Å². The van der Waals surface area contributed by atoms with Gasteiger partial charge in [0, 0.05) is 6.42 Å². The van der Waals surface area contributed by atoms with E-state index in [1.54, 1.807) is 18.3 Å². The summed E-state index contributed by atoms with van der Waals surface area (Å²) in [6.07, 6.45) is 2.25. The standard InChI is InChI=1S/C16H14N2OS/c1-13-2-8-16(9-3-13)20(19)18-11-10-14-4-6-15(12-17)7-5-14/h2-9,11H,10H2,1H3. The lowest BCUT2D eigenvalue weighted by atomic mass is 10.1. The van der Waals surface area contributed by atoms with Crippen LogP contribution in [-0.2, 0) is 17.8 Å². The van der Waals surface area contributed by atoms with Crippen LogP contribution in [0.5, 0.6) is 0 Å². The molecule has 0 aliphatic rings. The Bertz CT molecular complexity index is 627. The van der Waals surface area contributed by atoms with Crippen molar-refractivity contribution in [3.63, 3.8) is 0 Å². The van der Waals surface area contributed by atoms with Crippen LogP contribution in [0.4, 0.5) is 0 Å². The average molecular weight is 282 g/mol. The van der Waals surface area contributed by atoms with Crippen LogP contribution in [0.15, 0.2) is 57.8 Å². The Labute approximate surface area is 121 Å². The highest BCUT2D eigenvalue weighted by Crippen LogP contribution is 2.13. The minimum absolute atomic E-state index is 0.601. The lowest BCUT2D eigenvalue weighted by Gasteiger charge is -2.02. The fourth-order valence-corrected chi connectivity index (χ4v) is 2.34. The van der Waals surface area contributed by atoms with E-state index < -0.39 is 11.4 Å². The smallest absolute Gasteiger partial charge is 0.182 e. The van der Waals surface area contributed by atoms with Gasteiger partial charge in [0.05, 0.1) is 17.8 Å². The highest BCUT2D eigenvalue weighted by molar-refractivity contribution is 7.90. The van der Waals surface area contributed by atoms with Crippen LogP contribution >= 0.6 is 0 Å². The summed E-state index contributed by atoms with van der Waals surface area (Å²) in [5.41, 5.74) is 2.80. The Morgan fingerprint density at radius 3 is 2.40 bits per heavy atom. The van der Waals surface area contributed by atoms with Crippen molar-refractivity contribution in [3.05, 3.63) is 65.2 Å². The van der Waals surface area contributed by atoms with Gasteiger partial charge in [-0.3, -0.25) is 0 Å². The highest BCUT2D eigenvalue weighted by Gasteiger charge is 2.07. The molecule has 0 saturated heterocycles. The second-order valence-corrected chi connectivity index (χ2v) is 5.54.